The number of furan rings is 1. The van der Waals surface area contributed by atoms with Crippen LogP contribution in [-0.4, -0.2) is 26.2 Å². The highest BCUT2D eigenvalue weighted by Crippen LogP contribution is 2.20. The Bertz CT molecular complexity index is 545. The molecule has 0 bridgehead atoms. The molecular weight excluding hydrogens is 230 g/mol. The first-order valence-corrected chi connectivity index (χ1v) is 5.98. The van der Waals surface area contributed by atoms with Crippen LogP contribution in [0.4, 0.5) is 0 Å². The normalized spacial score (nSPS) is 10.8. The van der Waals surface area contributed by atoms with Gasteiger partial charge in [-0.25, -0.2) is 0 Å². The van der Waals surface area contributed by atoms with E-state index in [1.165, 1.54) is 0 Å². The summed E-state index contributed by atoms with van der Waals surface area (Å²) in [6.45, 7) is 3.22. The van der Waals surface area contributed by atoms with Gasteiger partial charge < -0.3 is 14.5 Å². The van der Waals surface area contributed by atoms with E-state index in [1.807, 2.05) is 25.1 Å². The number of hydrogen-bond acceptors (Lipinski definition) is 3. The number of rotatable bonds is 5. The van der Waals surface area contributed by atoms with E-state index < -0.39 is 0 Å². The lowest BCUT2D eigenvalue weighted by molar-refractivity contribution is 0.0923. The predicted molar refractivity (Wildman–Crippen MR) is 69.8 cm³/mol. The van der Waals surface area contributed by atoms with Crippen molar-refractivity contribution in [3.05, 3.63) is 35.6 Å². The highest BCUT2D eigenvalue weighted by atomic mass is 16.5. The summed E-state index contributed by atoms with van der Waals surface area (Å²) in [7, 11) is 1.64. The summed E-state index contributed by atoms with van der Waals surface area (Å²) in [6, 6.07) is 7.64. The molecule has 0 saturated heterocycles. The number of amides is 1. The Morgan fingerprint density at radius 2 is 2.22 bits per heavy atom. The van der Waals surface area contributed by atoms with Crippen molar-refractivity contribution in [1.29, 1.82) is 0 Å². The molecule has 1 heterocycles. The van der Waals surface area contributed by atoms with Gasteiger partial charge in [-0.15, -0.1) is 0 Å². The van der Waals surface area contributed by atoms with E-state index in [-0.39, 0.29) is 5.91 Å². The Balaban J connectivity index is 2.04. The van der Waals surface area contributed by atoms with Crippen molar-refractivity contribution in [2.45, 2.75) is 13.3 Å². The van der Waals surface area contributed by atoms with Crippen molar-refractivity contribution in [2.24, 2.45) is 0 Å². The van der Waals surface area contributed by atoms with Crippen LogP contribution in [-0.2, 0) is 4.74 Å². The maximum absolute atomic E-state index is 11.8. The molecule has 4 nitrogen and oxygen atoms in total. The monoisotopic (exact) mass is 247 g/mol. The lowest BCUT2D eigenvalue weighted by atomic mass is 10.2. The Kier molecular flexibility index (Phi) is 3.99. The molecule has 0 aliphatic heterocycles. The Morgan fingerprint density at radius 1 is 1.39 bits per heavy atom. The quantitative estimate of drug-likeness (QED) is 0.826. The summed E-state index contributed by atoms with van der Waals surface area (Å²) >= 11 is 0. The van der Waals surface area contributed by atoms with Gasteiger partial charge in [0.1, 0.15) is 5.58 Å². The largest absolute Gasteiger partial charge is 0.451 e. The molecule has 0 spiro atoms. The fourth-order valence-electron chi connectivity index (χ4n) is 1.76. The minimum atomic E-state index is -0.181. The highest BCUT2D eigenvalue weighted by Gasteiger charge is 2.11. The summed E-state index contributed by atoms with van der Waals surface area (Å²) in [6.07, 6.45) is 0.793. The molecule has 18 heavy (non-hydrogen) atoms. The third kappa shape index (κ3) is 2.90. The Labute approximate surface area is 106 Å². The molecule has 1 aromatic carbocycles. The van der Waals surface area contributed by atoms with E-state index >= 15 is 0 Å². The molecule has 96 valence electrons. The number of aryl methyl sites for hydroxylation is 1. The first-order chi connectivity index (χ1) is 8.70. The third-order valence-corrected chi connectivity index (χ3v) is 2.71. The summed E-state index contributed by atoms with van der Waals surface area (Å²) in [5.41, 5.74) is 1.86. The van der Waals surface area contributed by atoms with E-state index in [9.17, 15) is 4.79 Å². The molecular formula is C14H17NO3. The minimum Gasteiger partial charge on any atom is -0.451 e. The van der Waals surface area contributed by atoms with E-state index in [0.717, 1.165) is 23.0 Å². The number of benzene rings is 1. The highest BCUT2D eigenvalue weighted by molar-refractivity contribution is 5.96. The zero-order valence-corrected chi connectivity index (χ0v) is 10.7. The van der Waals surface area contributed by atoms with Crippen LogP contribution in [0.2, 0.25) is 0 Å². The van der Waals surface area contributed by atoms with Crippen LogP contribution in [0.15, 0.2) is 28.7 Å². The van der Waals surface area contributed by atoms with Crippen LogP contribution in [0.25, 0.3) is 11.0 Å². The average Bonchev–Trinajstić information content (AvgIpc) is 2.77. The van der Waals surface area contributed by atoms with Gasteiger partial charge in [-0.05, 0) is 31.0 Å². The van der Waals surface area contributed by atoms with Crippen LogP contribution in [0.3, 0.4) is 0 Å². The van der Waals surface area contributed by atoms with Gasteiger partial charge in [-0.3, -0.25) is 4.79 Å². The van der Waals surface area contributed by atoms with Crippen LogP contribution < -0.4 is 5.32 Å². The number of carbonyl (C=O) groups is 1. The van der Waals surface area contributed by atoms with Crippen molar-refractivity contribution in [3.8, 4) is 0 Å². The molecule has 0 unspecified atom stereocenters. The SMILES string of the molecule is COCCCNC(=O)c1cc2ccc(C)cc2o1. The lowest BCUT2D eigenvalue weighted by Gasteiger charge is -2.01. The van der Waals surface area contributed by atoms with Crippen LogP contribution in [0.5, 0.6) is 0 Å². The van der Waals surface area contributed by atoms with Crippen LogP contribution in [0, 0.1) is 6.92 Å². The van der Waals surface area contributed by atoms with Crippen molar-refractivity contribution in [3.63, 3.8) is 0 Å². The fraction of sp³-hybridized carbons (Fsp3) is 0.357. The predicted octanol–water partition coefficient (Wildman–Crippen LogP) is 2.51. The lowest BCUT2D eigenvalue weighted by Crippen LogP contribution is -2.24. The van der Waals surface area contributed by atoms with Gasteiger partial charge in [0.05, 0.1) is 0 Å². The summed E-state index contributed by atoms with van der Waals surface area (Å²) in [5, 5.41) is 3.74. The second kappa shape index (κ2) is 5.69. The van der Waals surface area contributed by atoms with Gasteiger partial charge in [0, 0.05) is 25.6 Å². The molecule has 0 atom stereocenters. The van der Waals surface area contributed by atoms with Gasteiger partial charge >= 0.3 is 0 Å². The molecule has 1 N–H and O–H groups in total. The molecule has 1 amide bonds. The molecule has 0 aliphatic rings. The third-order valence-electron chi connectivity index (χ3n) is 2.71. The average molecular weight is 247 g/mol. The standard InChI is InChI=1S/C14H17NO3/c1-10-4-5-11-9-13(18-12(11)8-10)14(16)15-6-3-7-17-2/h4-5,8-9H,3,6-7H2,1-2H3,(H,15,16). The molecule has 2 rings (SSSR count). The van der Waals surface area contributed by atoms with Gasteiger partial charge in [0.25, 0.3) is 5.91 Å². The second-order valence-corrected chi connectivity index (χ2v) is 4.25. The van der Waals surface area contributed by atoms with Gasteiger partial charge in [-0.1, -0.05) is 12.1 Å². The van der Waals surface area contributed by atoms with Crippen molar-refractivity contribution in [2.75, 3.05) is 20.3 Å². The first-order valence-electron chi connectivity index (χ1n) is 5.98. The number of fused-ring (bicyclic) bond motifs is 1. The first kappa shape index (κ1) is 12.6. The minimum absolute atomic E-state index is 0.181. The zero-order chi connectivity index (χ0) is 13.0. The topological polar surface area (TPSA) is 51.5 Å². The van der Waals surface area contributed by atoms with E-state index in [2.05, 4.69) is 5.32 Å². The van der Waals surface area contributed by atoms with Gasteiger partial charge in [0.15, 0.2) is 5.76 Å². The Morgan fingerprint density at radius 3 is 3.00 bits per heavy atom. The van der Waals surface area contributed by atoms with E-state index in [1.54, 1.807) is 13.2 Å². The second-order valence-electron chi connectivity index (χ2n) is 4.25. The number of methoxy groups -OCH3 is 1. The van der Waals surface area contributed by atoms with Crippen molar-refractivity contribution < 1.29 is 13.9 Å². The molecule has 0 aliphatic carbocycles. The van der Waals surface area contributed by atoms with Crippen molar-refractivity contribution >= 4 is 16.9 Å². The van der Waals surface area contributed by atoms with Crippen molar-refractivity contribution in [1.82, 2.24) is 5.32 Å². The van der Waals surface area contributed by atoms with Crippen LogP contribution >= 0.6 is 0 Å². The molecule has 0 saturated carbocycles. The van der Waals surface area contributed by atoms with E-state index in [4.69, 9.17) is 9.15 Å². The molecule has 1 aromatic heterocycles. The summed E-state index contributed by atoms with van der Waals surface area (Å²) < 4.78 is 10.4. The molecule has 0 fully saturated rings. The van der Waals surface area contributed by atoms with Crippen LogP contribution in [0.1, 0.15) is 22.5 Å². The molecule has 4 heteroatoms. The Hall–Kier alpha value is -1.81. The number of nitrogens with one attached hydrogen (secondary N) is 1. The number of ether oxygens (including phenoxy) is 1. The van der Waals surface area contributed by atoms with Gasteiger partial charge in [-0.2, -0.15) is 0 Å². The fourth-order valence-corrected chi connectivity index (χ4v) is 1.76. The van der Waals surface area contributed by atoms with E-state index in [0.29, 0.717) is 18.9 Å². The summed E-state index contributed by atoms with van der Waals surface area (Å²) in [5.74, 6) is 0.174. The zero-order valence-electron chi connectivity index (χ0n) is 10.7. The number of carbonyl (C=O) groups excluding carboxylic acids is 1. The maximum atomic E-state index is 11.8. The van der Waals surface area contributed by atoms with Gasteiger partial charge in [0.2, 0.25) is 0 Å². The molecule has 2 aromatic rings. The maximum Gasteiger partial charge on any atom is 0.287 e. The smallest absolute Gasteiger partial charge is 0.287 e. The molecule has 0 radical (unpaired) electrons. The number of hydrogen-bond donors (Lipinski definition) is 1. The summed E-state index contributed by atoms with van der Waals surface area (Å²) in [4.78, 5) is 11.8.